The Morgan fingerprint density at radius 2 is 1.78 bits per heavy atom. The Bertz CT molecular complexity index is 1070. The van der Waals surface area contributed by atoms with Crippen molar-refractivity contribution < 1.29 is 27.6 Å². The fourth-order valence-electron chi connectivity index (χ4n) is 3.59. The van der Waals surface area contributed by atoms with Crippen molar-refractivity contribution in [3.05, 3.63) is 76.2 Å². The maximum atomic E-state index is 12.7. The number of carbonyl (C=O) groups is 3. The highest BCUT2D eigenvalue weighted by Gasteiger charge is 2.44. The highest BCUT2D eigenvalue weighted by molar-refractivity contribution is 8.18. The summed E-state index contributed by atoms with van der Waals surface area (Å²) in [5.41, 5.74) is 0.783. The molecule has 32 heavy (non-hydrogen) atoms. The summed E-state index contributed by atoms with van der Waals surface area (Å²) in [7, 11) is 0. The van der Waals surface area contributed by atoms with E-state index < -0.39 is 17.6 Å². The number of halogens is 3. The van der Waals surface area contributed by atoms with E-state index in [2.05, 4.69) is 5.32 Å². The second-order valence-corrected chi connectivity index (χ2v) is 8.60. The van der Waals surface area contributed by atoms with Crippen LogP contribution in [0, 0.1) is 5.92 Å². The first kappa shape index (κ1) is 22.1. The van der Waals surface area contributed by atoms with Crippen molar-refractivity contribution in [3.63, 3.8) is 0 Å². The number of carbonyl (C=O) groups excluding carboxylic acids is 3. The topological polar surface area (TPSA) is 66.5 Å². The number of alkyl halides is 3. The maximum Gasteiger partial charge on any atom is 0.416 e. The molecule has 2 unspecified atom stereocenters. The van der Waals surface area contributed by atoms with Crippen molar-refractivity contribution in [2.75, 3.05) is 13.1 Å². The van der Waals surface area contributed by atoms with Crippen LogP contribution in [0.2, 0.25) is 0 Å². The molecule has 1 heterocycles. The zero-order chi connectivity index (χ0) is 22.9. The molecule has 2 aliphatic rings. The molecule has 0 bridgehead atoms. The third-order valence-electron chi connectivity index (χ3n) is 5.40. The molecule has 1 saturated heterocycles. The molecule has 4 rings (SSSR count). The van der Waals surface area contributed by atoms with Gasteiger partial charge in [-0.3, -0.25) is 19.3 Å². The molecule has 0 radical (unpaired) electrons. The van der Waals surface area contributed by atoms with Gasteiger partial charge in [0.15, 0.2) is 0 Å². The Kier molecular flexibility index (Phi) is 6.10. The summed E-state index contributed by atoms with van der Waals surface area (Å²) in [6.45, 7) is 0.173. The summed E-state index contributed by atoms with van der Waals surface area (Å²) in [5, 5.41) is 2.33. The van der Waals surface area contributed by atoms with Gasteiger partial charge in [0.2, 0.25) is 5.91 Å². The van der Waals surface area contributed by atoms with Crippen LogP contribution < -0.4 is 5.32 Å². The molecule has 2 fully saturated rings. The molecule has 1 N–H and O–H groups in total. The number of benzene rings is 2. The first-order valence-electron chi connectivity index (χ1n) is 9.99. The van der Waals surface area contributed by atoms with Crippen molar-refractivity contribution in [1.29, 1.82) is 0 Å². The van der Waals surface area contributed by atoms with Gasteiger partial charge in [-0.25, -0.2) is 0 Å². The van der Waals surface area contributed by atoms with E-state index in [4.69, 9.17) is 0 Å². The molecule has 1 saturated carbocycles. The molecule has 9 heteroatoms. The minimum Gasteiger partial charge on any atom is -0.354 e. The van der Waals surface area contributed by atoms with E-state index in [-0.39, 0.29) is 36.1 Å². The first-order chi connectivity index (χ1) is 15.2. The second kappa shape index (κ2) is 8.82. The van der Waals surface area contributed by atoms with Gasteiger partial charge in [0.1, 0.15) is 0 Å². The van der Waals surface area contributed by atoms with E-state index in [1.54, 1.807) is 6.08 Å². The molecule has 2 aromatic rings. The Hall–Kier alpha value is -3.07. The van der Waals surface area contributed by atoms with E-state index >= 15 is 0 Å². The lowest BCUT2D eigenvalue weighted by Gasteiger charge is -2.13. The number of hydrogen-bond acceptors (Lipinski definition) is 4. The summed E-state index contributed by atoms with van der Waals surface area (Å²) in [6, 6.07) is 14.0. The molecule has 166 valence electrons. The molecule has 2 atom stereocenters. The van der Waals surface area contributed by atoms with Crippen molar-refractivity contribution in [2.45, 2.75) is 18.5 Å². The van der Waals surface area contributed by atoms with Crippen LogP contribution >= 0.6 is 11.8 Å². The number of thioether (sulfide) groups is 1. The lowest BCUT2D eigenvalue weighted by molar-refractivity contribution is -0.137. The zero-order valence-electron chi connectivity index (χ0n) is 16.8. The molecule has 0 aromatic heterocycles. The summed E-state index contributed by atoms with van der Waals surface area (Å²) in [5.74, 6) is -1.07. The number of rotatable bonds is 6. The van der Waals surface area contributed by atoms with Gasteiger partial charge in [-0.05, 0) is 53.4 Å². The van der Waals surface area contributed by atoms with E-state index in [1.807, 2.05) is 30.3 Å². The molecule has 0 spiro atoms. The van der Waals surface area contributed by atoms with E-state index in [0.717, 1.165) is 34.4 Å². The van der Waals surface area contributed by atoms with Crippen molar-refractivity contribution in [3.8, 4) is 0 Å². The Morgan fingerprint density at radius 3 is 2.44 bits per heavy atom. The van der Waals surface area contributed by atoms with Gasteiger partial charge in [0.05, 0.1) is 10.5 Å². The average Bonchev–Trinajstić information content (AvgIpc) is 3.52. The number of imide groups is 1. The lowest BCUT2D eigenvalue weighted by atomic mass is 10.1. The maximum absolute atomic E-state index is 12.7. The molecule has 2 aromatic carbocycles. The monoisotopic (exact) mass is 460 g/mol. The van der Waals surface area contributed by atoms with E-state index in [9.17, 15) is 27.6 Å². The summed E-state index contributed by atoms with van der Waals surface area (Å²) >= 11 is 0.860. The summed E-state index contributed by atoms with van der Waals surface area (Å²) in [6.07, 6.45) is -2.18. The number of nitrogens with zero attached hydrogens (tertiary/aromatic N) is 1. The summed E-state index contributed by atoms with van der Waals surface area (Å²) < 4.78 is 38.0. The second-order valence-electron chi connectivity index (χ2n) is 7.60. The number of hydrogen-bond donors (Lipinski definition) is 1. The number of amides is 3. The largest absolute Gasteiger partial charge is 0.416 e. The summed E-state index contributed by atoms with van der Waals surface area (Å²) in [4.78, 5) is 38.5. The van der Waals surface area contributed by atoms with Gasteiger partial charge >= 0.3 is 6.18 Å². The smallest absolute Gasteiger partial charge is 0.354 e. The van der Waals surface area contributed by atoms with Crippen LogP contribution in [0.4, 0.5) is 18.0 Å². The van der Waals surface area contributed by atoms with Gasteiger partial charge in [-0.15, -0.1) is 0 Å². The molecular weight excluding hydrogens is 441 g/mol. The normalized spacial score (nSPS) is 21.8. The van der Waals surface area contributed by atoms with Crippen molar-refractivity contribution in [1.82, 2.24) is 10.2 Å². The zero-order valence-corrected chi connectivity index (χ0v) is 17.6. The van der Waals surface area contributed by atoms with E-state index in [0.29, 0.717) is 16.9 Å². The number of nitrogens with one attached hydrogen (secondary N) is 1. The molecule has 3 amide bonds. The Labute approximate surface area is 186 Å². The van der Waals surface area contributed by atoms with Crippen LogP contribution in [-0.2, 0) is 15.8 Å². The van der Waals surface area contributed by atoms with E-state index in [1.165, 1.54) is 12.1 Å². The molecule has 5 nitrogen and oxygen atoms in total. The molecule has 1 aliphatic heterocycles. The van der Waals surface area contributed by atoms with Gasteiger partial charge in [0.25, 0.3) is 11.1 Å². The average molecular weight is 460 g/mol. The first-order valence-corrected chi connectivity index (χ1v) is 10.8. The predicted molar refractivity (Wildman–Crippen MR) is 114 cm³/mol. The highest BCUT2D eigenvalue weighted by Crippen LogP contribution is 2.48. The highest BCUT2D eigenvalue weighted by atomic mass is 32.2. The molecule has 1 aliphatic carbocycles. The fraction of sp³-hybridized carbons (Fsp3) is 0.261. The Morgan fingerprint density at radius 1 is 1.09 bits per heavy atom. The van der Waals surface area contributed by atoms with Gasteiger partial charge < -0.3 is 5.32 Å². The van der Waals surface area contributed by atoms with Crippen LogP contribution in [0.15, 0.2) is 59.5 Å². The van der Waals surface area contributed by atoms with Crippen LogP contribution in [0.25, 0.3) is 6.08 Å². The third-order valence-corrected chi connectivity index (χ3v) is 6.31. The van der Waals surface area contributed by atoms with Gasteiger partial charge in [0, 0.05) is 19.0 Å². The quantitative estimate of drug-likeness (QED) is 0.637. The van der Waals surface area contributed by atoms with Crippen LogP contribution in [0.1, 0.15) is 29.0 Å². The van der Waals surface area contributed by atoms with Gasteiger partial charge in [-0.1, -0.05) is 42.5 Å². The third kappa shape index (κ3) is 4.88. The van der Waals surface area contributed by atoms with Crippen LogP contribution in [-0.4, -0.2) is 35.0 Å². The SMILES string of the molecule is O=C(NCCN1C(=O)SC(=Cc2ccccc2)C1=O)C1CC1c1ccc(C(F)(F)F)cc1. The standard InChI is InChI=1S/C23H19F3N2O3S/c24-23(25,26)16-8-6-15(7-9-16)17-13-18(17)20(29)27-10-11-28-21(30)19(32-22(28)31)12-14-4-2-1-3-5-14/h1-9,12,17-18H,10-11,13H2,(H,27,29). The van der Waals surface area contributed by atoms with Gasteiger partial charge in [-0.2, -0.15) is 13.2 Å². The van der Waals surface area contributed by atoms with Crippen LogP contribution in [0.5, 0.6) is 0 Å². The van der Waals surface area contributed by atoms with Crippen molar-refractivity contribution >= 4 is 34.9 Å². The van der Waals surface area contributed by atoms with Crippen molar-refractivity contribution in [2.24, 2.45) is 5.92 Å². The fourth-order valence-corrected chi connectivity index (χ4v) is 4.45. The predicted octanol–water partition coefficient (Wildman–Crippen LogP) is 4.66. The molecular formula is C23H19F3N2O3S. The Balaban J connectivity index is 1.27. The van der Waals surface area contributed by atoms with Crippen LogP contribution in [0.3, 0.4) is 0 Å². The lowest BCUT2D eigenvalue weighted by Crippen LogP contribution is -2.37. The minimum absolute atomic E-state index is 0.0558. The minimum atomic E-state index is -4.39.